The highest BCUT2D eigenvalue weighted by Crippen LogP contribution is 2.27. The number of aliphatic hydroxyl groups is 1. The van der Waals surface area contributed by atoms with Gasteiger partial charge in [0.15, 0.2) is 0 Å². The fraction of sp³-hybridized carbons (Fsp3) is 0.692. The highest BCUT2D eigenvalue weighted by Gasteiger charge is 2.21. The van der Waals surface area contributed by atoms with Crippen LogP contribution in [0.5, 0.6) is 0 Å². The number of thiophene rings is 1. The lowest BCUT2D eigenvalue weighted by Gasteiger charge is -2.29. The van der Waals surface area contributed by atoms with Gasteiger partial charge in [0, 0.05) is 22.7 Å². The molecule has 0 aromatic carbocycles. The summed E-state index contributed by atoms with van der Waals surface area (Å²) in [7, 11) is 0. The van der Waals surface area contributed by atoms with Gasteiger partial charge in [0.2, 0.25) is 0 Å². The molecule has 4 heteroatoms. The highest BCUT2D eigenvalue weighted by atomic mass is 32.2. The van der Waals surface area contributed by atoms with Crippen LogP contribution >= 0.6 is 23.1 Å². The van der Waals surface area contributed by atoms with Crippen molar-refractivity contribution in [3.63, 3.8) is 0 Å². The van der Waals surface area contributed by atoms with Crippen LogP contribution in [0.2, 0.25) is 0 Å². The molecule has 2 nitrogen and oxygen atoms in total. The molecule has 1 aliphatic rings. The van der Waals surface area contributed by atoms with E-state index in [0.29, 0.717) is 12.6 Å². The molecule has 17 heavy (non-hydrogen) atoms. The first-order chi connectivity index (χ1) is 8.29. The molecule has 1 fully saturated rings. The summed E-state index contributed by atoms with van der Waals surface area (Å²) in [6, 6.07) is 4.59. The molecule has 2 rings (SSSR count). The lowest BCUT2D eigenvalue weighted by atomic mass is 9.95. The van der Waals surface area contributed by atoms with Gasteiger partial charge in [0.25, 0.3) is 0 Å². The first-order valence-electron chi connectivity index (χ1n) is 6.27. The van der Waals surface area contributed by atoms with Gasteiger partial charge in [-0.05, 0) is 37.0 Å². The predicted octanol–water partition coefficient (Wildman–Crippen LogP) is 3.05. The van der Waals surface area contributed by atoms with Crippen LogP contribution in [-0.4, -0.2) is 29.2 Å². The summed E-state index contributed by atoms with van der Waals surface area (Å²) >= 11 is 3.61. The number of aliphatic hydroxyl groups excluding tert-OH is 1. The predicted molar refractivity (Wildman–Crippen MR) is 76.8 cm³/mol. The van der Waals surface area contributed by atoms with Gasteiger partial charge in [-0.1, -0.05) is 12.5 Å². The third-order valence-electron chi connectivity index (χ3n) is 3.43. The second kappa shape index (κ2) is 6.78. The van der Waals surface area contributed by atoms with Crippen molar-refractivity contribution in [3.05, 3.63) is 22.4 Å². The van der Waals surface area contributed by atoms with E-state index in [1.54, 1.807) is 11.3 Å². The van der Waals surface area contributed by atoms with Crippen molar-refractivity contribution in [2.24, 2.45) is 0 Å². The van der Waals surface area contributed by atoms with E-state index in [1.807, 2.05) is 29.3 Å². The van der Waals surface area contributed by atoms with Gasteiger partial charge >= 0.3 is 0 Å². The highest BCUT2D eigenvalue weighted by molar-refractivity contribution is 7.99. The fourth-order valence-corrected chi connectivity index (χ4v) is 3.94. The molecular weight excluding hydrogens is 250 g/mol. The van der Waals surface area contributed by atoms with Crippen LogP contribution in [0.3, 0.4) is 0 Å². The third-order valence-corrected chi connectivity index (χ3v) is 5.50. The first-order valence-corrected chi connectivity index (χ1v) is 8.44. The minimum Gasteiger partial charge on any atom is -0.386 e. The molecule has 1 heterocycles. The van der Waals surface area contributed by atoms with Crippen molar-refractivity contribution >= 4 is 23.1 Å². The van der Waals surface area contributed by atoms with Gasteiger partial charge in [-0.15, -0.1) is 11.3 Å². The van der Waals surface area contributed by atoms with E-state index in [2.05, 4.69) is 11.6 Å². The average molecular weight is 271 g/mol. The topological polar surface area (TPSA) is 32.3 Å². The standard InChI is InChI=1S/C13H21NOS2/c1-16-11-5-2-4-10(8-11)14-9-12(15)13-6-3-7-17-13/h3,6-7,10-12,14-15H,2,4-5,8-9H2,1H3. The van der Waals surface area contributed by atoms with Crippen LogP contribution in [0.25, 0.3) is 0 Å². The van der Waals surface area contributed by atoms with Crippen molar-refractivity contribution in [2.75, 3.05) is 12.8 Å². The zero-order valence-electron chi connectivity index (χ0n) is 10.3. The van der Waals surface area contributed by atoms with E-state index < -0.39 is 0 Å². The van der Waals surface area contributed by atoms with Crippen LogP contribution in [0.1, 0.15) is 36.7 Å². The molecule has 0 saturated heterocycles. The second-order valence-electron chi connectivity index (χ2n) is 4.66. The number of thioether (sulfide) groups is 1. The first kappa shape index (κ1) is 13.4. The van der Waals surface area contributed by atoms with Gasteiger partial charge in [-0.3, -0.25) is 0 Å². The Kier molecular flexibility index (Phi) is 5.35. The third kappa shape index (κ3) is 3.98. The van der Waals surface area contributed by atoms with Crippen molar-refractivity contribution in [1.82, 2.24) is 5.32 Å². The molecule has 1 aliphatic carbocycles. The molecule has 0 amide bonds. The van der Waals surface area contributed by atoms with Crippen molar-refractivity contribution in [3.8, 4) is 0 Å². The van der Waals surface area contributed by atoms with Crippen LogP contribution in [0.4, 0.5) is 0 Å². The molecule has 96 valence electrons. The van der Waals surface area contributed by atoms with Gasteiger partial charge in [0.1, 0.15) is 6.10 Å². The molecule has 3 unspecified atom stereocenters. The summed E-state index contributed by atoms with van der Waals surface area (Å²) in [6.07, 6.45) is 7.04. The van der Waals surface area contributed by atoms with Crippen LogP contribution in [-0.2, 0) is 0 Å². The Labute approximate surface area is 112 Å². The van der Waals surface area contributed by atoms with Gasteiger partial charge in [0.05, 0.1) is 0 Å². The van der Waals surface area contributed by atoms with Crippen molar-refractivity contribution in [1.29, 1.82) is 0 Å². The van der Waals surface area contributed by atoms with Crippen LogP contribution in [0, 0.1) is 0 Å². The molecule has 1 saturated carbocycles. The largest absolute Gasteiger partial charge is 0.386 e. The maximum Gasteiger partial charge on any atom is 0.101 e. The molecule has 1 aromatic rings. The molecule has 0 radical (unpaired) electrons. The van der Waals surface area contributed by atoms with Crippen molar-refractivity contribution in [2.45, 2.75) is 43.1 Å². The molecular formula is C13H21NOS2. The Morgan fingerprint density at radius 1 is 1.59 bits per heavy atom. The zero-order valence-corrected chi connectivity index (χ0v) is 11.9. The lowest BCUT2D eigenvalue weighted by molar-refractivity contribution is 0.169. The number of hydrogen-bond acceptors (Lipinski definition) is 4. The fourth-order valence-electron chi connectivity index (χ4n) is 2.40. The van der Waals surface area contributed by atoms with E-state index in [1.165, 1.54) is 25.7 Å². The Balaban J connectivity index is 1.74. The van der Waals surface area contributed by atoms with E-state index in [4.69, 9.17) is 0 Å². The van der Waals surface area contributed by atoms with Crippen molar-refractivity contribution < 1.29 is 5.11 Å². The Morgan fingerprint density at radius 3 is 3.18 bits per heavy atom. The van der Waals surface area contributed by atoms with E-state index in [-0.39, 0.29) is 6.10 Å². The van der Waals surface area contributed by atoms with E-state index >= 15 is 0 Å². The summed E-state index contributed by atoms with van der Waals surface area (Å²) in [6.45, 7) is 0.687. The summed E-state index contributed by atoms with van der Waals surface area (Å²) in [5.41, 5.74) is 0. The van der Waals surface area contributed by atoms with Gasteiger partial charge in [-0.2, -0.15) is 11.8 Å². The van der Waals surface area contributed by atoms with E-state index in [0.717, 1.165) is 10.1 Å². The Hall–Kier alpha value is -0.0300. The smallest absolute Gasteiger partial charge is 0.101 e. The Morgan fingerprint density at radius 2 is 2.47 bits per heavy atom. The SMILES string of the molecule is CSC1CCCC(NCC(O)c2cccs2)C1. The minimum atomic E-state index is -0.343. The molecule has 2 N–H and O–H groups in total. The normalized spacial score (nSPS) is 26.9. The summed E-state index contributed by atoms with van der Waals surface area (Å²) in [5, 5.41) is 16.3. The molecule has 0 spiro atoms. The molecule has 0 aliphatic heterocycles. The zero-order chi connectivity index (χ0) is 12.1. The monoisotopic (exact) mass is 271 g/mol. The quantitative estimate of drug-likeness (QED) is 0.863. The molecule has 1 aromatic heterocycles. The second-order valence-corrected chi connectivity index (χ2v) is 6.78. The lowest BCUT2D eigenvalue weighted by Crippen LogP contribution is -2.37. The van der Waals surface area contributed by atoms with Gasteiger partial charge < -0.3 is 10.4 Å². The Bertz CT molecular complexity index is 315. The molecule has 0 bridgehead atoms. The van der Waals surface area contributed by atoms with Crippen LogP contribution in [0.15, 0.2) is 17.5 Å². The number of nitrogens with one attached hydrogen (secondary N) is 1. The summed E-state index contributed by atoms with van der Waals surface area (Å²) in [5.74, 6) is 0. The summed E-state index contributed by atoms with van der Waals surface area (Å²) < 4.78 is 0. The maximum atomic E-state index is 10.0. The molecule has 3 atom stereocenters. The van der Waals surface area contributed by atoms with Crippen LogP contribution < -0.4 is 5.32 Å². The minimum absolute atomic E-state index is 0.343. The van der Waals surface area contributed by atoms with Gasteiger partial charge in [-0.25, -0.2) is 0 Å². The average Bonchev–Trinajstić information content (AvgIpc) is 2.90. The number of hydrogen-bond donors (Lipinski definition) is 2. The van der Waals surface area contributed by atoms with E-state index in [9.17, 15) is 5.11 Å². The summed E-state index contributed by atoms with van der Waals surface area (Å²) in [4.78, 5) is 1.06. The maximum absolute atomic E-state index is 10.0. The number of rotatable bonds is 5.